The van der Waals surface area contributed by atoms with Gasteiger partial charge in [-0.05, 0) is 50.2 Å². The molecule has 0 spiro atoms. The lowest BCUT2D eigenvalue weighted by atomic mass is 10.1. The highest BCUT2D eigenvalue weighted by molar-refractivity contribution is 5.86. The van der Waals surface area contributed by atoms with Crippen molar-refractivity contribution < 1.29 is 13.6 Å². The molecule has 4 nitrogen and oxygen atoms in total. The van der Waals surface area contributed by atoms with Gasteiger partial charge in [0.15, 0.2) is 0 Å². The fourth-order valence-electron chi connectivity index (χ4n) is 2.94. The van der Waals surface area contributed by atoms with Crippen molar-refractivity contribution >= 4 is 17.3 Å². The SMILES string of the molecule is Cc1cccc(-c2nc(Cc3cc4cc(C=O)ccc4o3)c(C)o2)c1. The summed E-state index contributed by atoms with van der Waals surface area (Å²) in [5.74, 6) is 2.20. The minimum Gasteiger partial charge on any atom is -0.461 e. The summed E-state index contributed by atoms with van der Waals surface area (Å²) in [6.07, 6.45) is 1.38. The Hall–Kier alpha value is -3.14. The maximum Gasteiger partial charge on any atom is 0.226 e. The number of benzene rings is 2. The summed E-state index contributed by atoms with van der Waals surface area (Å²) in [6, 6.07) is 15.4. The molecule has 0 aliphatic heterocycles. The highest BCUT2D eigenvalue weighted by atomic mass is 16.4. The Morgan fingerprint density at radius 3 is 2.72 bits per heavy atom. The van der Waals surface area contributed by atoms with Crippen LogP contribution in [0.5, 0.6) is 0 Å². The average molecular weight is 331 g/mol. The quantitative estimate of drug-likeness (QED) is 0.488. The number of rotatable bonds is 4. The maximum absolute atomic E-state index is 10.9. The molecule has 0 atom stereocenters. The van der Waals surface area contributed by atoms with E-state index in [9.17, 15) is 4.79 Å². The van der Waals surface area contributed by atoms with Crippen LogP contribution in [-0.4, -0.2) is 11.3 Å². The standard InChI is InChI=1S/C21H17NO3/c1-13-4-3-5-16(8-13)21-22-19(14(2)24-21)11-18-10-17-9-15(12-23)6-7-20(17)25-18/h3-10,12H,11H2,1-2H3. The van der Waals surface area contributed by atoms with Crippen molar-refractivity contribution in [3.8, 4) is 11.5 Å². The van der Waals surface area contributed by atoms with Crippen molar-refractivity contribution in [1.29, 1.82) is 0 Å². The molecule has 4 heteroatoms. The van der Waals surface area contributed by atoms with E-state index in [1.807, 2.05) is 50.2 Å². The molecule has 0 aliphatic rings. The number of nitrogens with zero attached hydrogens (tertiary/aromatic N) is 1. The summed E-state index contributed by atoms with van der Waals surface area (Å²) in [5.41, 5.74) is 4.39. The number of furan rings is 1. The highest BCUT2D eigenvalue weighted by Crippen LogP contribution is 2.26. The molecule has 2 aromatic carbocycles. The van der Waals surface area contributed by atoms with E-state index in [0.29, 0.717) is 17.9 Å². The van der Waals surface area contributed by atoms with Gasteiger partial charge in [-0.15, -0.1) is 0 Å². The zero-order valence-corrected chi connectivity index (χ0v) is 14.1. The van der Waals surface area contributed by atoms with Crippen molar-refractivity contribution in [2.24, 2.45) is 0 Å². The second-order valence-corrected chi connectivity index (χ2v) is 6.20. The molecule has 124 valence electrons. The number of hydrogen-bond donors (Lipinski definition) is 0. The van der Waals surface area contributed by atoms with Gasteiger partial charge in [0.1, 0.15) is 23.4 Å². The highest BCUT2D eigenvalue weighted by Gasteiger charge is 2.14. The van der Waals surface area contributed by atoms with E-state index in [2.05, 4.69) is 11.1 Å². The third kappa shape index (κ3) is 2.98. The molecule has 4 aromatic rings. The van der Waals surface area contributed by atoms with E-state index in [1.54, 1.807) is 6.07 Å². The van der Waals surface area contributed by atoms with Crippen LogP contribution in [0.4, 0.5) is 0 Å². The van der Waals surface area contributed by atoms with Crippen molar-refractivity contribution in [2.75, 3.05) is 0 Å². The summed E-state index contributed by atoms with van der Waals surface area (Å²) < 4.78 is 11.7. The number of aldehydes is 1. The van der Waals surface area contributed by atoms with E-state index < -0.39 is 0 Å². The predicted molar refractivity (Wildman–Crippen MR) is 95.8 cm³/mol. The topological polar surface area (TPSA) is 56.2 Å². The lowest BCUT2D eigenvalue weighted by molar-refractivity contribution is 0.112. The average Bonchev–Trinajstić information content (AvgIpc) is 3.17. The van der Waals surface area contributed by atoms with Crippen LogP contribution in [0.1, 0.15) is 33.1 Å². The molecule has 0 radical (unpaired) electrons. The molecule has 2 aromatic heterocycles. The van der Waals surface area contributed by atoms with Crippen LogP contribution in [0, 0.1) is 13.8 Å². The predicted octanol–water partition coefficient (Wildman–Crippen LogP) is 5.11. The van der Waals surface area contributed by atoms with Crippen molar-refractivity contribution in [2.45, 2.75) is 20.3 Å². The third-order valence-corrected chi connectivity index (χ3v) is 4.23. The van der Waals surface area contributed by atoms with Gasteiger partial charge in [0.2, 0.25) is 5.89 Å². The number of hydrogen-bond acceptors (Lipinski definition) is 4. The Bertz CT molecular complexity index is 1070. The minimum atomic E-state index is 0.548. The van der Waals surface area contributed by atoms with Crippen molar-refractivity contribution in [1.82, 2.24) is 4.98 Å². The first kappa shape index (κ1) is 15.4. The number of carbonyl (C=O) groups excluding carboxylic acids is 1. The smallest absolute Gasteiger partial charge is 0.226 e. The Labute approximate surface area is 145 Å². The molecule has 4 rings (SSSR count). The van der Waals surface area contributed by atoms with E-state index in [1.165, 1.54) is 0 Å². The Balaban J connectivity index is 1.66. The zero-order chi connectivity index (χ0) is 17.4. The van der Waals surface area contributed by atoms with Crippen LogP contribution < -0.4 is 0 Å². The van der Waals surface area contributed by atoms with Gasteiger partial charge in [-0.1, -0.05) is 17.7 Å². The normalized spacial score (nSPS) is 11.1. The monoisotopic (exact) mass is 331 g/mol. The molecule has 0 N–H and O–H groups in total. The molecule has 0 fully saturated rings. The van der Waals surface area contributed by atoms with Crippen LogP contribution in [0.3, 0.4) is 0 Å². The molecule has 2 heterocycles. The number of carbonyl (C=O) groups is 1. The van der Waals surface area contributed by atoms with Crippen LogP contribution >= 0.6 is 0 Å². The first-order valence-electron chi connectivity index (χ1n) is 8.13. The molecule has 0 bridgehead atoms. The number of oxazole rings is 1. The van der Waals surface area contributed by atoms with Gasteiger partial charge in [-0.3, -0.25) is 4.79 Å². The summed E-state index contributed by atoms with van der Waals surface area (Å²) in [4.78, 5) is 15.5. The molecule has 0 saturated heterocycles. The van der Waals surface area contributed by atoms with E-state index >= 15 is 0 Å². The minimum absolute atomic E-state index is 0.548. The second kappa shape index (κ2) is 6.06. The van der Waals surface area contributed by atoms with E-state index in [4.69, 9.17) is 8.83 Å². The molecule has 25 heavy (non-hydrogen) atoms. The van der Waals surface area contributed by atoms with Gasteiger partial charge < -0.3 is 8.83 Å². The lowest BCUT2D eigenvalue weighted by Gasteiger charge is -1.96. The molecular formula is C21H17NO3. The van der Waals surface area contributed by atoms with Crippen LogP contribution in [0.15, 0.2) is 57.4 Å². The van der Waals surface area contributed by atoms with Crippen LogP contribution in [0.2, 0.25) is 0 Å². The van der Waals surface area contributed by atoms with Crippen LogP contribution in [0.25, 0.3) is 22.4 Å². The third-order valence-electron chi connectivity index (χ3n) is 4.23. The Morgan fingerprint density at radius 2 is 1.92 bits per heavy atom. The van der Waals surface area contributed by atoms with Gasteiger partial charge in [0.25, 0.3) is 0 Å². The fourth-order valence-corrected chi connectivity index (χ4v) is 2.94. The largest absolute Gasteiger partial charge is 0.461 e. The van der Waals surface area contributed by atoms with Gasteiger partial charge in [-0.2, -0.15) is 0 Å². The van der Waals surface area contributed by atoms with E-state index in [0.717, 1.165) is 45.6 Å². The lowest BCUT2D eigenvalue weighted by Crippen LogP contribution is -1.88. The first-order chi connectivity index (χ1) is 12.1. The Kier molecular flexibility index (Phi) is 3.73. The van der Waals surface area contributed by atoms with Crippen molar-refractivity contribution in [3.63, 3.8) is 0 Å². The summed E-state index contributed by atoms with van der Waals surface area (Å²) in [7, 11) is 0. The molecule has 0 amide bonds. The van der Waals surface area contributed by atoms with Crippen LogP contribution in [-0.2, 0) is 6.42 Å². The molecular weight excluding hydrogens is 314 g/mol. The maximum atomic E-state index is 10.9. The zero-order valence-electron chi connectivity index (χ0n) is 14.1. The number of aryl methyl sites for hydroxylation is 2. The van der Waals surface area contributed by atoms with Gasteiger partial charge in [0.05, 0.1) is 12.1 Å². The molecule has 0 aliphatic carbocycles. The fraction of sp³-hybridized carbons (Fsp3) is 0.143. The number of fused-ring (bicyclic) bond motifs is 1. The molecule has 0 unspecified atom stereocenters. The van der Waals surface area contributed by atoms with Gasteiger partial charge >= 0.3 is 0 Å². The number of aromatic nitrogens is 1. The van der Waals surface area contributed by atoms with Gasteiger partial charge in [0, 0.05) is 16.5 Å². The Morgan fingerprint density at radius 1 is 1.04 bits per heavy atom. The van der Waals surface area contributed by atoms with Gasteiger partial charge in [-0.25, -0.2) is 4.98 Å². The summed E-state index contributed by atoms with van der Waals surface area (Å²) in [5, 5.41) is 0.916. The second-order valence-electron chi connectivity index (χ2n) is 6.20. The first-order valence-corrected chi connectivity index (χ1v) is 8.13. The summed E-state index contributed by atoms with van der Waals surface area (Å²) >= 11 is 0. The summed E-state index contributed by atoms with van der Waals surface area (Å²) in [6.45, 7) is 3.96. The van der Waals surface area contributed by atoms with Crippen molar-refractivity contribution in [3.05, 3.63) is 76.9 Å². The van der Waals surface area contributed by atoms with E-state index in [-0.39, 0.29) is 0 Å². The molecule has 0 saturated carbocycles.